The Morgan fingerprint density at radius 2 is 1.80 bits per heavy atom. The lowest BCUT2D eigenvalue weighted by Gasteiger charge is -2.27. The van der Waals surface area contributed by atoms with Gasteiger partial charge in [-0.2, -0.15) is 4.31 Å². The summed E-state index contributed by atoms with van der Waals surface area (Å²) in [5.41, 5.74) is 0.377. The third-order valence-electron chi connectivity index (χ3n) is 4.87. The number of hydrogen-bond acceptors (Lipinski definition) is 5. The van der Waals surface area contributed by atoms with E-state index in [1.165, 1.54) is 10.4 Å². The number of anilines is 1. The minimum Gasteiger partial charge on any atom is -0.492 e. The van der Waals surface area contributed by atoms with E-state index in [0.717, 1.165) is 19.3 Å². The van der Waals surface area contributed by atoms with Crippen molar-refractivity contribution in [3.8, 4) is 11.5 Å². The molecular formula is C22H28N2O5S. The zero-order valence-electron chi connectivity index (χ0n) is 17.3. The second-order valence-electron chi connectivity index (χ2n) is 7.12. The van der Waals surface area contributed by atoms with Crippen LogP contribution in [0, 0.1) is 0 Å². The highest BCUT2D eigenvalue weighted by Crippen LogP contribution is 2.31. The van der Waals surface area contributed by atoms with Gasteiger partial charge in [-0.1, -0.05) is 24.6 Å². The number of carbonyl (C=O) groups excluding carboxylic acids is 1. The molecule has 2 aromatic rings. The number of carbonyl (C=O) groups is 1. The molecule has 0 radical (unpaired) electrons. The van der Waals surface area contributed by atoms with Gasteiger partial charge in [-0.05, 0) is 57.0 Å². The van der Waals surface area contributed by atoms with Gasteiger partial charge in [0.25, 0.3) is 5.91 Å². The number of hydrogen-bond donors (Lipinski definition) is 1. The molecule has 1 N–H and O–H groups in total. The minimum atomic E-state index is -3.72. The zero-order chi connectivity index (χ0) is 21.6. The molecule has 1 unspecified atom stereocenters. The highest BCUT2D eigenvalue weighted by atomic mass is 32.2. The predicted molar refractivity (Wildman–Crippen MR) is 115 cm³/mol. The van der Waals surface area contributed by atoms with Crippen LogP contribution in [0.2, 0.25) is 0 Å². The summed E-state index contributed by atoms with van der Waals surface area (Å²) in [5.74, 6) is 0.499. The highest BCUT2D eigenvalue weighted by Gasteiger charge is 2.29. The summed E-state index contributed by atoms with van der Waals surface area (Å²) in [6.45, 7) is 4.77. The molecule has 1 atom stereocenters. The number of nitrogens with one attached hydrogen (secondary N) is 1. The van der Waals surface area contributed by atoms with Crippen LogP contribution in [0.4, 0.5) is 5.69 Å². The van der Waals surface area contributed by atoms with Gasteiger partial charge >= 0.3 is 0 Å². The van der Waals surface area contributed by atoms with Crippen molar-refractivity contribution in [2.45, 2.75) is 44.1 Å². The fourth-order valence-corrected chi connectivity index (χ4v) is 4.98. The normalized spacial score (nSPS) is 15.9. The Morgan fingerprint density at radius 1 is 1.10 bits per heavy atom. The first-order valence-corrected chi connectivity index (χ1v) is 11.7. The van der Waals surface area contributed by atoms with Gasteiger partial charge < -0.3 is 14.8 Å². The fraction of sp³-hybridized carbons (Fsp3) is 0.409. The number of sulfonamides is 1. The minimum absolute atomic E-state index is 0.0701. The van der Waals surface area contributed by atoms with Crippen LogP contribution < -0.4 is 14.8 Å². The fourth-order valence-electron chi connectivity index (χ4n) is 3.31. The van der Waals surface area contributed by atoms with Crippen LogP contribution in [0.15, 0.2) is 53.4 Å². The Labute approximate surface area is 178 Å². The van der Waals surface area contributed by atoms with Gasteiger partial charge in [0.05, 0.1) is 6.61 Å². The number of para-hydroxylation sites is 1. The Kier molecular flexibility index (Phi) is 7.33. The van der Waals surface area contributed by atoms with E-state index in [1.54, 1.807) is 38.1 Å². The molecule has 1 amide bonds. The summed E-state index contributed by atoms with van der Waals surface area (Å²) in [6.07, 6.45) is 1.96. The van der Waals surface area contributed by atoms with Crippen molar-refractivity contribution in [3.05, 3.63) is 48.5 Å². The maximum Gasteiger partial charge on any atom is 0.265 e. The SMILES string of the molecule is CCOc1ccc(NC(=O)C(C)Oc2ccccc2)cc1S(=O)(=O)N1CCCCC1. The van der Waals surface area contributed by atoms with E-state index in [1.807, 2.05) is 18.2 Å². The van der Waals surface area contributed by atoms with E-state index < -0.39 is 16.1 Å². The molecule has 1 heterocycles. The highest BCUT2D eigenvalue weighted by molar-refractivity contribution is 7.89. The molecule has 1 aliphatic heterocycles. The van der Waals surface area contributed by atoms with Gasteiger partial charge in [0.15, 0.2) is 6.10 Å². The van der Waals surface area contributed by atoms with Crippen LogP contribution in [0.5, 0.6) is 11.5 Å². The topological polar surface area (TPSA) is 84.9 Å². The molecule has 1 fully saturated rings. The van der Waals surface area contributed by atoms with Crippen LogP contribution in [0.1, 0.15) is 33.1 Å². The lowest BCUT2D eigenvalue weighted by Crippen LogP contribution is -2.36. The Hall–Kier alpha value is -2.58. The molecular weight excluding hydrogens is 404 g/mol. The summed E-state index contributed by atoms with van der Waals surface area (Å²) in [4.78, 5) is 12.6. The van der Waals surface area contributed by atoms with Crippen molar-refractivity contribution in [2.75, 3.05) is 25.0 Å². The van der Waals surface area contributed by atoms with Crippen molar-refractivity contribution in [1.82, 2.24) is 4.31 Å². The first kappa shape index (κ1) is 22.1. The van der Waals surface area contributed by atoms with E-state index in [4.69, 9.17) is 9.47 Å². The molecule has 162 valence electrons. The molecule has 3 rings (SSSR count). The molecule has 7 nitrogen and oxygen atoms in total. The summed E-state index contributed by atoms with van der Waals surface area (Å²) in [6, 6.07) is 13.7. The van der Waals surface area contributed by atoms with Gasteiger partial charge in [0, 0.05) is 18.8 Å². The maximum atomic E-state index is 13.2. The number of nitrogens with zero attached hydrogens (tertiary/aromatic N) is 1. The lowest BCUT2D eigenvalue weighted by molar-refractivity contribution is -0.122. The Balaban J connectivity index is 1.80. The summed E-state index contributed by atoms with van der Waals surface area (Å²) < 4.78 is 39.1. The van der Waals surface area contributed by atoms with E-state index >= 15 is 0 Å². The van der Waals surface area contributed by atoms with Gasteiger partial charge in [-0.15, -0.1) is 0 Å². The summed E-state index contributed by atoms with van der Waals surface area (Å²) in [5, 5.41) is 2.74. The van der Waals surface area contributed by atoms with Gasteiger partial charge in [0.2, 0.25) is 10.0 Å². The average molecular weight is 433 g/mol. The van der Waals surface area contributed by atoms with Crippen molar-refractivity contribution in [2.24, 2.45) is 0 Å². The number of benzene rings is 2. The molecule has 8 heteroatoms. The third kappa shape index (κ3) is 5.31. The molecule has 0 spiro atoms. The summed E-state index contributed by atoms with van der Waals surface area (Å²) >= 11 is 0. The molecule has 1 saturated heterocycles. The zero-order valence-corrected chi connectivity index (χ0v) is 18.2. The predicted octanol–water partition coefficient (Wildman–Crippen LogP) is 3.67. The maximum absolute atomic E-state index is 13.2. The van der Waals surface area contributed by atoms with Crippen molar-refractivity contribution in [1.29, 1.82) is 0 Å². The van der Waals surface area contributed by atoms with E-state index in [-0.39, 0.29) is 16.6 Å². The number of piperidine rings is 1. The monoisotopic (exact) mass is 432 g/mol. The Morgan fingerprint density at radius 3 is 2.47 bits per heavy atom. The van der Waals surface area contributed by atoms with E-state index in [0.29, 0.717) is 31.1 Å². The van der Waals surface area contributed by atoms with Crippen LogP contribution >= 0.6 is 0 Å². The molecule has 0 aliphatic carbocycles. The second-order valence-corrected chi connectivity index (χ2v) is 9.03. The first-order valence-electron chi connectivity index (χ1n) is 10.2. The molecule has 0 saturated carbocycles. The quantitative estimate of drug-likeness (QED) is 0.688. The molecule has 30 heavy (non-hydrogen) atoms. The van der Waals surface area contributed by atoms with Gasteiger partial charge in [-0.25, -0.2) is 8.42 Å². The van der Waals surface area contributed by atoms with Crippen LogP contribution in [0.3, 0.4) is 0 Å². The van der Waals surface area contributed by atoms with Crippen molar-refractivity contribution < 1.29 is 22.7 Å². The van der Waals surface area contributed by atoms with Gasteiger partial charge in [-0.3, -0.25) is 4.79 Å². The van der Waals surface area contributed by atoms with Crippen molar-refractivity contribution in [3.63, 3.8) is 0 Å². The standard InChI is InChI=1S/C22H28N2O5S/c1-3-28-20-13-12-18(16-21(20)30(26,27)24-14-8-5-9-15-24)23-22(25)17(2)29-19-10-6-4-7-11-19/h4,6-7,10-13,16-17H,3,5,8-9,14-15H2,1-2H3,(H,23,25). The van der Waals surface area contributed by atoms with Crippen LogP contribution in [-0.2, 0) is 14.8 Å². The molecule has 0 bridgehead atoms. The second kappa shape index (κ2) is 9.95. The smallest absolute Gasteiger partial charge is 0.265 e. The van der Waals surface area contributed by atoms with E-state index in [9.17, 15) is 13.2 Å². The lowest BCUT2D eigenvalue weighted by atomic mass is 10.2. The van der Waals surface area contributed by atoms with Gasteiger partial charge in [0.1, 0.15) is 16.4 Å². The summed E-state index contributed by atoms with van der Waals surface area (Å²) in [7, 11) is -3.72. The third-order valence-corrected chi connectivity index (χ3v) is 6.79. The average Bonchev–Trinajstić information content (AvgIpc) is 2.76. The first-order chi connectivity index (χ1) is 14.4. The largest absolute Gasteiger partial charge is 0.492 e. The number of ether oxygens (including phenoxy) is 2. The number of rotatable bonds is 8. The van der Waals surface area contributed by atoms with Crippen molar-refractivity contribution >= 4 is 21.6 Å². The number of amides is 1. The molecule has 2 aromatic carbocycles. The van der Waals surface area contributed by atoms with E-state index in [2.05, 4.69) is 5.32 Å². The molecule has 0 aromatic heterocycles. The van der Waals surface area contributed by atoms with Crippen LogP contribution in [-0.4, -0.2) is 44.4 Å². The Bertz CT molecular complexity index is 957. The molecule has 1 aliphatic rings. The van der Waals surface area contributed by atoms with Crippen LogP contribution in [0.25, 0.3) is 0 Å².